The molecule has 0 amide bonds. The number of benzene rings is 2. The Balaban J connectivity index is 1.87. The number of para-hydroxylation sites is 1. The summed E-state index contributed by atoms with van der Waals surface area (Å²) in [6.45, 7) is 0. The van der Waals surface area contributed by atoms with Crippen LogP contribution in [0.3, 0.4) is 0 Å². The number of hydrogen-bond donors (Lipinski definition) is 1. The van der Waals surface area contributed by atoms with Gasteiger partial charge in [-0.3, -0.25) is 0 Å². The van der Waals surface area contributed by atoms with Crippen LogP contribution in [0.15, 0.2) is 65.1 Å². The Labute approximate surface area is 137 Å². The first kappa shape index (κ1) is 13.8. The Bertz CT molecular complexity index is 997. The van der Waals surface area contributed by atoms with Gasteiger partial charge in [0, 0.05) is 10.9 Å². The molecule has 2 heterocycles. The normalized spacial score (nSPS) is 11.0. The van der Waals surface area contributed by atoms with E-state index in [1.54, 1.807) is 6.07 Å². The molecule has 0 aliphatic carbocycles. The van der Waals surface area contributed by atoms with Gasteiger partial charge in [0.05, 0.1) is 16.2 Å². The molecule has 0 unspecified atom stereocenters. The van der Waals surface area contributed by atoms with Gasteiger partial charge in [0.2, 0.25) is 5.89 Å². The zero-order chi connectivity index (χ0) is 15.8. The molecule has 23 heavy (non-hydrogen) atoms. The third kappa shape index (κ3) is 2.43. The van der Waals surface area contributed by atoms with E-state index in [9.17, 15) is 5.11 Å². The maximum Gasteiger partial charge on any atom is 0.313 e. The van der Waals surface area contributed by atoms with Crippen LogP contribution in [0.1, 0.15) is 0 Å². The molecule has 0 aliphatic heterocycles. The maximum atomic E-state index is 10.1. The number of pyridine rings is 1. The summed E-state index contributed by atoms with van der Waals surface area (Å²) in [6.07, 6.45) is 0. The summed E-state index contributed by atoms with van der Waals surface area (Å²) >= 11 is 6.31. The molecule has 1 N–H and O–H groups in total. The first-order valence-corrected chi connectivity index (χ1v) is 7.41. The second-order valence-corrected chi connectivity index (χ2v) is 5.45. The number of nitrogens with zero attached hydrogens (tertiary/aromatic N) is 2. The standard InChI is InChI=1S/C18H11ClN2O2/c19-13-10-15(20-14-9-5-4-8-12(13)14)16-18(22)23-17(21-16)11-6-2-1-3-7-11/h1-10,22H. The number of fused-ring (bicyclic) bond motifs is 1. The van der Waals surface area contributed by atoms with E-state index in [1.165, 1.54) is 0 Å². The van der Waals surface area contributed by atoms with Gasteiger partial charge in [-0.1, -0.05) is 48.0 Å². The molecule has 2 aromatic heterocycles. The van der Waals surface area contributed by atoms with Crippen LogP contribution in [0.4, 0.5) is 0 Å². The molecule has 4 aromatic rings. The highest BCUT2D eigenvalue weighted by Crippen LogP contribution is 2.35. The Hall–Kier alpha value is -2.85. The highest BCUT2D eigenvalue weighted by molar-refractivity contribution is 6.35. The van der Waals surface area contributed by atoms with Crippen LogP contribution in [0.5, 0.6) is 5.95 Å². The predicted octanol–water partition coefficient (Wildman–Crippen LogP) is 4.92. The van der Waals surface area contributed by atoms with Crippen molar-refractivity contribution in [3.63, 3.8) is 0 Å². The Kier molecular flexibility index (Phi) is 3.24. The van der Waals surface area contributed by atoms with Crippen LogP contribution in [-0.4, -0.2) is 15.1 Å². The van der Waals surface area contributed by atoms with Crippen molar-refractivity contribution in [1.29, 1.82) is 0 Å². The van der Waals surface area contributed by atoms with Crippen molar-refractivity contribution in [1.82, 2.24) is 9.97 Å². The molecule has 0 saturated heterocycles. The van der Waals surface area contributed by atoms with Crippen LogP contribution >= 0.6 is 11.6 Å². The summed E-state index contributed by atoms with van der Waals surface area (Å²) < 4.78 is 5.37. The first-order chi connectivity index (χ1) is 11.2. The maximum absolute atomic E-state index is 10.1. The Morgan fingerprint density at radius 2 is 1.65 bits per heavy atom. The number of aromatic hydroxyl groups is 1. The highest BCUT2D eigenvalue weighted by Gasteiger charge is 2.18. The van der Waals surface area contributed by atoms with Crippen molar-refractivity contribution in [2.75, 3.05) is 0 Å². The number of halogens is 1. The van der Waals surface area contributed by atoms with Gasteiger partial charge in [-0.2, -0.15) is 0 Å². The molecule has 0 spiro atoms. The van der Waals surface area contributed by atoms with Gasteiger partial charge in [-0.15, -0.1) is 0 Å². The average molecular weight is 323 g/mol. The molecule has 0 bridgehead atoms. The van der Waals surface area contributed by atoms with E-state index < -0.39 is 0 Å². The zero-order valence-corrected chi connectivity index (χ0v) is 12.7. The van der Waals surface area contributed by atoms with Crippen LogP contribution in [0.2, 0.25) is 5.02 Å². The van der Waals surface area contributed by atoms with Gasteiger partial charge < -0.3 is 9.52 Å². The van der Waals surface area contributed by atoms with Crippen LogP contribution < -0.4 is 0 Å². The molecule has 4 nitrogen and oxygen atoms in total. The van der Waals surface area contributed by atoms with E-state index in [2.05, 4.69) is 9.97 Å². The van der Waals surface area contributed by atoms with Gasteiger partial charge in [-0.25, -0.2) is 9.97 Å². The monoisotopic (exact) mass is 322 g/mol. The number of oxazole rings is 1. The van der Waals surface area contributed by atoms with Gasteiger partial charge >= 0.3 is 5.95 Å². The zero-order valence-electron chi connectivity index (χ0n) is 11.9. The molecular formula is C18H11ClN2O2. The highest BCUT2D eigenvalue weighted by atomic mass is 35.5. The lowest BCUT2D eigenvalue weighted by Crippen LogP contribution is -1.87. The van der Waals surface area contributed by atoms with Crippen LogP contribution in [-0.2, 0) is 0 Å². The van der Waals surface area contributed by atoms with Crippen molar-refractivity contribution < 1.29 is 9.52 Å². The van der Waals surface area contributed by atoms with E-state index in [0.717, 1.165) is 16.5 Å². The van der Waals surface area contributed by atoms with E-state index >= 15 is 0 Å². The fourth-order valence-electron chi connectivity index (χ4n) is 2.44. The number of rotatable bonds is 2. The summed E-state index contributed by atoms with van der Waals surface area (Å²) in [5.41, 5.74) is 2.26. The van der Waals surface area contributed by atoms with Gasteiger partial charge in [-0.05, 0) is 24.3 Å². The lowest BCUT2D eigenvalue weighted by molar-refractivity contribution is 0.339. The van der Waals surface area contributed by atoms with Gasteiger partial charge in [0.15, 0.2) is 5.69 Å². The third-order valence-corrected chi connectivity index (χ3v) is 3.85. The second-order valence-electron chi connectivity index (χ2n) is 5.05. The van der Waals surface area contributed by atoms with Gasteiger partial charge in [0.1, 0.15) is 0 Å². The predicted molar refractivity (Wildman–Crippen MR) is 89.4 cm³/mol. The molecule has 2 aromatic carbocycles. The smallest absolute Gasteiger partial charge is 0.313 e. The molecule has 0 atom stereocenters. The molecule has 5 heteroatoms. The van der Waals surface area contributed by atoms with E-state index in [0.29, 0.717) is 16.6 Å². The number of hydrogen-bond acceptors (Lipinski definition) is 4. The summed E-state index contributed by atoms with van der Waals surface area (Å²) in [4.78, 5) is 8.87. The van der Waals surface area contributed by atoms with E-state index in [1.807, 2.05) is 54.6 Å². The molecular weight excluding hydrogens is 312 g/mol. The number of aromatic nitrogens is 2. The lowest BCUT2D eigenvalue weighted by atomic mass is 10.2. The minimum absolute atomic E-state index is 0.275. The summed E-state index contributed by atoms with van der Waals surface area (Å²) in [7, 11) is 0. The van der Waals surface area contributed by atoms with Crippen molar-refractivity contribution in [3.8, 4) is 28.8 Å². The Morgan fingerprint density at radius 3 is 2.48 bits per heavy atom. The van der Waals surface area contributed by atoms with Crippen LogP contribution in [0.25, 0.3) is 33.7 Å². The van der Waals surface area contributed by atoms with Crippen molar-refractivity contribution in [3.05, 3.63) is 65.7 Å². The topological polar surface area (TPSA) is 59.2 Å². The minimum atomic E-state index is -0.275. The fourth-order valence-corrected chi connectivity index (χ4v) is 2.70. The average Bonchev–Trinajstić information content (AvgIpc) is 2.97. The second kappa shape index (κ2) is 5.41. The molecule has 0 saturated carbocycles. The minimum Gasteiger partial charge on any atom is -0.479 e. The summed E-state index contributed by atoms with van der Waals surface area (Å²) in [5, 5.41) is 11.5. The fraction of sp³-hybridized carbons (Fsp3) is 0. The summed E-state index contributed by atoms with van der Waals surface area (Å²) in [5.74, 6) is 0.0619. The Morgan fingerprint density at radius 1 is 0.913 bits per heavy atom. The summed E-state index contributed by atoms with van der Waals surface area (Å²) in [6, 6.07) is 18.6. The van der Waals surface area contributed by atoms with Crippen molar-refractivity contribution in [2.45, 2.75) is 0 Å². The molecule has 0 radical (unpaired) electrons. The van der Waals surface area contributed by atoms with Crippen molar-refractivity contribution >= 4 is 22.5 Å². The SMILES string of the molecule is Oc1oc(-c2ccccc2)nc1-c1cc(Cl)c2ccccc2n1. The van der Waals surface area contributed by atoms with E-state index in [-0.39, 0.29) is 11.6 Å². The molecule has 0 aliphatic rings. The van der Waals surface area contributed by atoms with Gasteiger partial charge in [0.25, 0.3) is 0 Å². The third-order valence-electron chi connectivity index (χ3n) is 3.54. The van der Waals surface area contributed by atoms with E-state index in [4.69, 9.17) is 16.0 Å². The largest absolute Gasteiger partial charge is 0.479 e. The molecule has 4 rings (SSSR count). The molecule has 0 fully saturated rings. The van der Waals surface area contributed by atoms with Crippen molar-refractivity contribution in [2.24, 2.45) is 0 Å². The quantitative estimate of drug-likeness (QED) is 0.569. The van der Waals surface area contributed by atoms with Crippen LogP contribution in [0, 0.1) is 0 Å². The molecule has 112 valence electrons. The lowest BCUT2D eigenvalue weighted by Gasteiger charge is -2.02. The first-order valence-electron chi connectivity index (χ1n) is 7.03.